The highest BCUT2D eigenvalue weighted by atomic mass is 35.5. The van der Waals surface area contributed by atoms with E-state index in [9.17, 15) is 9.59 Å². The second-order valence-electron chi connectivity index (χ2n) is 7.44. The average Bonchev–Trinajstić information content (AvgIpc) is 2.81. The number of carbonyl (C=O) groups is 2. The molecule has 0 aliphatic carbocycles. The third-order valence-corrected chi connectivity index (χ3v) is 6.05. The molecule has 1 atom stereocenters. The van der Waals surface area contributed by atoms with Crippen LogP contribution in [0.25, 0.3) is 0 Å². The van der Waals surface area contributed by atoms with Crippen LogP contribution in [-0.4, -0.2) is 43.0 Å². The summed E-state index contributed by atoms with van der Waals surface area (Å²) >= 11 is 6.65. The molecule has 2 amide bonds. The Morgan fingerprint density at radius 3 is 2.79 bits per heavy atom. The number of nitrogens with one attached hydrogen (secondary N) is 1. The van der Waals surface area contributed by atoms with Gasteiger partial charge in [-0.3, -0.25) is 9.59 Å². The molecule has 2 aromatic carbocycles. The van der Waals surface area contributed by atoms with E-state index < -0.39 is 0 Å². The van der Waals surface area contributed by atoms with Gasteiger partial charge in [0, 0.05) is 19.2 Å². The van der Waals surface area contributed by atoms with Crippen LogP contribution in [0.5, 0.6) is 5.75 Å². The lowest BCUT2D eigenvalue weighted by molar-refractivity contribution is 0.0613. The predicted molar refractivity (Wildman–Crippen MR) is 108 cm³/mol. The molecule has 6 heteroatoms. The van der Waals surface area contributed by atoms with Crippen molar-refractivity contribution < 1.29 is 14.3 Å². The van der Waals surface area contributed by atoms with E-state index >= 15 is 0 Å². The van der Waals surface area contributed by atoms with Crippen molar-refractivity contribution >= 4 is 23.4 Å². The molecule has 0 aromatic heterocycles. The molecule has 0 spiro atoms. The first-order valence-corrected chi connectivity index (χ1v) is 9.94. The number of carbonyl (C=O) groups excluding carboxylic acids is 2. The van der Waals surface area contributed by atoms with Crippen LogP contribution in [0.4, 0.5) is 0 Å². The first kappa shape index (κ1) is 18.8. The highest BCUT2D eigenvalue weighted by molar-refractivity contribution is 6.33. The van der Waals surface area contributed by atoms with Crippen molar-refractivity contribution in [1.82, 2.24) is 10.2 Å². The normalized spacial score (nSPS) is 18.2. The van der Waals surface area contributed by atoms with Crippen LogP contribution in [0.2, 0.25) is 5.02 Å². The van der Waals surface area contributed by atoms with Gasteiger partial charge < -0.3 is 15.0 Å². The first-order valence-electron chi connectivity index (χ1n) is 9.57. The molecule has 0 radical (unpaired) electrons. The summed E-state index contributed by atoms with van der Waals surface area (Å²) in [6.07, 6.45) is 2.53. The summed E-state index contributed by atoms with van der Waals surface area (Å²) < 4.78 is 6.13. The number of benzene rings is 2. The molecule has 0 unspecified atom stereocenters. The predicted octanol–water partition coefficient (Wildman–Crippen LogP) is 3.60. The Labute approximate surface area is 169 Å². The number of nitrogens with zero attached hydrogens (tertiary/aromatic N) is 1. The second-order valence-corrected chi connectivity index (χ2v) is 7.82. The van der Waals surface area contributed by atoms with Gasteiger partial charge >= 0.3 is 0 Å². The highest BCUT2D eigenvalue weighted by Crippen LogP contribution is 2.39. The minimum atomic E-state index is -0.112. The standard InChI is InChI=1S/C22H23ClN2O3/c1-13-16(10-14-5-7-15(8-6-14)21(26)24-2)11-18-20(19(13)23)28-17-4-3-9-25(12-17)22(18)27/h5-8,11,17H,3-4,9-10,12H2,1-2H3,(H,24,26)/t17-/m1/s1. The van der Waals surface area contributed by atoms with Crippen molar-refractivity contribution in [1.29, 1.82) is 0 Å². The molecular formula is C22H23ClN2O3. The summed E-state index contributed by atoms with van der Waals surface area (Å²) in [4.78, 5) is 26.6. The molecule has 146 valence electrons. The zero-order chi connectivity index (χ0) is 19.8. The minimum Gasteiger partial charge on any atom is -0.486 e. The molecule has 1 N–H and O–H groups in total. The Morgan fingerprint density at radius 1 is 1.32 bits per heavy atom. The zero-order valence-corrected chi connectivity index (χ0v) is 16.8. The van der Waals surface area contributed by atoms with Gasteiger partial charge in [0.05, 0.1) is 17.1 Å². The third kappa shape index (κ3) is 3.35. The summed E-state index contributed by atoms with van der Waals surface area (Å²) in [5.41, 5.74) is 4.14. The lowest BCUT2D eigenvalue weighted by Gasteiger charge is -2.29. The number of hydrogen-bond donors (Lipinski definition) is 1. The molecule has 4 rings (SSSR count). The van der Waals surface area contributed by atoms with Gasteiger partial charge in [-0.1, -0.05) is 23.7 Å². The molecule has 2 bridgehead atoms. The number of halogens is 1. The Hall–Kier alpha value is -2.53. The van der Waals surface area contributed by atoms with E-state index in [0.717, 1.165) is 36.1 Å². The van der Waals surface area contributed by atoms with E-state index in [0.29, 0.717) is 34.9 Å². The van der Waals surface area contributed by atoms with Gasteiger partial charge in [0.15, 0.2) is 5.75 Å². The maximum Gasteiger partial charge on any atom is 0.257 e. The summed E-state index contributed by atoms with van der Waals surface area (Å²) in [5.74, 6) is 0.409. The van der Waals surface area contributed by atoms with Crippen molar-refractivity contribution in [2.75, 3.05) is 20.1 Å². The Bertz CT molecular complexity index is 940. The molecular weight excluding hydrogens is 376 g/mol. The van der Waals surface area contributed by atoms with Crippen molar-refractivity contribution in [3.63, 3.8) is 0 Å². The van der Waals surface area contributed by atoms with Crippen molar-refractivity contribution in [2.45, 2.75) is 32.3 Å². The molecule has 5 nitrogen and oxygen atoms in total. The molecule has 1 saturated heterocycles. The van der Waals surface area contributed by atoms with Crippen molar-refractivity contribution in [3.05, 3.63) is 63.2 Å². The van der Waals surface area contributed by atoms with E-state index in [1.807, 2.05) is 30.0 Å². The van der Waals surface area contributed by atoms with Crippen LogP contribution < -0.4 is 10.1 Å². The largest absolute Gasteiger partial charge is 0.486 e. The van der Waals surface area contributed by atoms with Gasteiger partial charge in [0.2, 0.25) is 0 Å². The fraction of sp³-hybridized carbons (Fsp3) is 0.364. The van der Waals surface area contributed by atoms with Crippen LogP contribution in [0.1, 0.15) is 50.2 Å². The van der Waals surface area contributed by atoms with Gasteiger partial charge in [0.25, 0.3) is 11.8 Å². The third-order valence-electron chi connectivity index (χ3n) is 5.59. The van der Waals surface area contributed by atoms with Crippen LogP contribution in [0, 0.1) is 6.92 Å². The number of ether oxygens (including phenoxy) is 1. The topological polar surface area (TPSA) is 58.6 Å². The molecule has 0 saturated carbocycles. The van der Waals surface area contributed by atoms with E-state index in [1.54, 1.807) is 19.2 Å². The van der Waals surface area contributed by atoms with Gasteiger partial charge in [-0.15, -0.1) is 0 Å². The summed E-state index contributed by atoms with van der Waals surface area (Å²) in [5, 5.41) is 3.14. The summed E-state index contributed by atoms with van der Waals surface area (Å²) in [6.45, 7) is 3.35. The lowest BCUT2D eigenvalue weighted by Crippen LogP contribution is -2.41. The Balaban J connectivity index is 1.68. The number of hydrogen-bond acceptors (Lipinski definition) is 3. The van der Waals surface area contributed by atoms with Crippen LogP contribution in [-0.2, 0) is 6.42 Å². The number of fused-ring (bicyclic) bond motifs is 3. The molecule has 2 heterocycles. The zero-order valence-electron chi connectivity index (χ0n) is 16.0. The monoisotopic (exact) mass is 398 g/mol. The van der Waals surface area contributed by atoms with Gasteiger partial charge in [-0.2, -0.15) is 0 Å². The number of piperidine rings is 1. The quantitative estimate of drug-likeness (QED) is 0.859. The van der Waals surface area contributed by atoms with Crippen LogP contribution >= 0.6 is 11.6 Å². The fourth-order valence-corrected chi connectivity index (χ4v) is 4.20. The smallest absolute Gasteiger partial charge is 0.257 e. The van der Waals surface area contributed by atoms with Gasteiger partial charge in [-0.05, 0) is 61.1 Å². The Morgan fingerprint density at radius 2 is 2.07 bits per heavy atom. The van der Waals surface area contributed by atoms with Gasteiger partial charge in [-0.25, -0.2) is 0 Å². The molecule has 2 aliphatic heterocycles. The Kier molecular flexibility index (Phi) is 5.02. The molecule has 1 fully saturated rings. The number of rotatable bonds is 3. The highest BCUT2D eigenvalue weighted by Gasteiger charge is 2.34. The second kappa shape index (κ2) is 7.47. The maximum atomic E-state index is 13.0. The lowest BCUT2D eigenvalue weighted by atomic mass is 9.96. The molecule has 2 aromatic rings. The van der Waals surface area contributed by atoms with Crippen molar-refractivity contribution in [2.24, 2.45) is 0 Å². The van der Waals surface area contributed by atoms with Gasteiger partial charge in [0.1, 0.15) is 6.10 Å². The first-order chi connectivity index (χ1) is 13.5. The van der Waals surface area contributed by atoms with E-state index in [4.69, 9.17) is 16.3 Å². The van der Waals surface area contributed by atoms with Crippen LogP contribution in [0.3, 0.4) is 0 Å². The van der Waals surface area contributed by atoms with Crippen LogP contribution in [0.15, 0.2) is 30.3 Å². The van der Waals surface area contributed by atoms with E-state index in [2.05, 4.69) is 5.32 Å². The average molecular weight is 399 g/mol. The number of amides is 2. The molecule has 2 aliphatic rings. The SMILES string of the molecule is CNC(=O)c1ccc(Cc2cc3c(c(Cl)c2C)O[C@@H]2CCCN(C2)C3=O)cc1. The van der Waals surface area contributed by atoms with Crippen molar-refractivity contribution in [3.8, 4) is 5.75 Å². The fourth-order valence-electron chi connectivity index (χ4n) is 3.93. The minimum absolute atomic E-state index is 0.00434. The summed E-state index contributed by atoms with van der Waals surface area (Å²) in [7, 11) is 1.61. The summed E-state index contributed by atoms with van der Waals surface area (Å²) in [6, 6.07) is 9.39. The van der Waals surface area contributed by atoms with E-state index in [1.165, 1.54) is 0 Å². The van der Waals surface area contributed by atoms with E-state index in [-0.39, 0.29) is 17.9 Å². The molecule has 28 heavy (non-hydrogen) atoms. The maximum absolute atomic E-state index is 13.0.